The van der Waals surface area contributed by atoms with Crippen LogP contribution in [-0.2, 0) is 0 Å². The Labute approximate surface area is 100.0 Å². The zero-order valence-electron chi connectivity index (χ0n) is 9.45. The van der Waals surface area contributed by atoms with E-state index in [-0.39, 0.29) is 0 Å². The molecule has 0 saturated heterocycles. The topological polar surface area (TPSA) is 12.4 Å². The molecule has 0 N–H and O–H groups in total. The minimum Gasteiger partial charge on any atom is -0.246 e. The summed E-state index contributed by atoms with van der Waals surface area (Å²) < 4.78 is 0. The molecular weight excluding hydrogens is 214 g/mol. The maximum atomic E-state index is 4.81. The Morgan fingerprint density at radius 3 is 2.94 bits per heavy atom. The van der Waals surface area contributed by atoms with Gasteiger partial charge in [-0.1, -0.05) is 36.0 Å². The van der Waals surface area contributed by atoms with Gasteiger partial charge in [0, 0.05) is 9.80 Å². The van der Waals surface area contributed by atoms with Gasteiger partial charge >= 0.3 is 0 Å². The van der Waals surface area contributed by atoms with Gasteiger partial charge in [0.15, 0.2) is 0 Å². The molecule has 2 aliphatic rings. The van der Waals surface area contributed by atoms with Crippen molar-refractivity contribution >= 4 is 23.2 Å². The quantitative estimate of drug-likeness (QED) is 0.639. The van der Waals surface area contributed by atoms with Crippen LogP contribution in [0.25, 0.3) is 0 Å². The summed E-state index contributed by atoms with van der Waals surface area (Å²) in [4.78, 5) is 7.41. The fourth-order valence-electron chi connectivity index (χ4n) is 2.05. The monoisotopic (exact) mass is 227 g/mol. The van der Waals surface area contributed by atoms with Gasteiger partial charge in [-0.25, -0.2) is 4.99 Å². The van der Waals surface area contributed by atoms with Crippen LogP contribution in [0.4, 0.5) is 5.69 Å². The number of benzene rings is 1. The second-order valence-electron chi connectivity index (χ2n) is 4.18. The summed E-state index contributed by atoms with van der Waals surface area (Å²) in [6.45, 7) is 4.27. The van der Waals surface area contributed by atoms with Crippen molar-refractivity contribution < 1.29 is 0 Å². The summed E-state index contributed by atoms with van der Waals surface area (Å²) in [5.74, 6) is 0. The molecule has 16 heavy (non-hydrogen) atoms. The molecule has 1 nitrogen and oxygen atoms in total. The molecule has 1 aliphatic carbocycles. The molecular formula is C14H13NS. The fraction of sp³-hybridized carbons (Fsp3) is 0.214. The van der Waals surface area contributed by atoms with Gasteiger partial charge in [-0.2, -0.15) is 0 Å². The Balaban J connectivity index is 2.21. The van der Waals surface area contributed by atoms with Crippen LogP contribution < -0.4 is 0 Å². The smallest absolute Gasteiger partial charge is 0.0806 e. The summed E-state index contributed by atoms with van der Waals surface area (Å²) in [6.07, 6.45) is 5.54. The Morgan fingerprint density at radius 2 is 2.06 bits per heavy atom. The van der Waals surface area contributed by atoms with Crippen molar-refractivity contribution in [2.24, 2.45) is 4.99 Å². The Bertz CT molecular complexity index is 550. The molecule has 2 heteroatoms. The van der Waals surface area contributed by atoms with Crippen molar-refractivity contribution in [3.63, 3.8) is 0 Å². The van der Waals surface area contributed by atoms with Gasteiger partial charge in [0.05, 0.1) is 11.4 Å². The van der Waals surface area contributed by atoms with E-state index in [1.165, 1.54) is 20.9 Å². The van der Waals surface area contributed by atoms with Crippen molar-refractivity contribution in [2.45, 2.75) is 25.2 Å². The molecule has 1 aliphatic heterocycles. The summed E-state index contributed by atoms with van der Waals surface area (Å²) in [5.41, 5.74) is 4.88. The number of aryl methyl sites for hydroxylation is 1. The zero-order chi connectivity index (χ0) is 11.1. The van der Waals surface area contributed by atoms with Crippen LogP contribution >= 0.6 is 11.8 Å². The van der Waals surface area contributed by atoms with Crippen molar-refractivity contribution in [3.8, 4) is 0 Å². The van der Waals surface area contributed by atoms with Crippen LogP contribution in [0.3, 0.4) is 0 Å². The normalized spacial score (nSPS) is 18.0. The highest BCUT2D eigenvalue weighted by Gasteiger charge is 2.21. The first-order chi connectivity index (χ1) is 7.75. The van der Waals surface area contributed by atoms with Crippen LogP contribution in [0.15, 0.2) is 50.7 Å². The molecule has 1 aromatic rings. The van der Waals surface area contributed by atoms with E-state index in [2.05, 4.69) is 44.2 Å². The van der Waals surface area contributed by atoms with Crippen molar-refractivity contribution in [3.05, 3.63) is 46.4 Å². The average Bonchev–Trinajstić information content (AvgIpc) is 2.28. The predicted molar refractivity (Wildman–Crippen MR) is 70.6 cm³/mol. The van der Waals surface area contributed by atoms with E-state index < -0.39 is 0 Å². The SMILES string of the molecule is CC1=CCC=C2Sc3cccc(C)c3N=C12. The maximum absolute atomic E-state index is 4.81. The number of thioether (sulfide) groups is 1. The lowest BCUT2D eigenvalue weighted by Crippen LogP contribution is -2.08. The largest absolute Gasteiger partial charge is 0.246 e. The van der Waals surface area contributed by atoms with E-state index in [4.69, 9.17) is 4.99 Å². The number of fused-ring (bicyclic) bond motifs is 2. The van der Waals surface area contributed by atoms with Crippen LogP contribution in [-0.4, -0.2) is 5.71 Å². The van der Waals surface area contributed by atoms with Crippen molar-refractivity contribution in [2.75, 3.05) is 0 Å². The minimum atomic E-state index is 1.04. The van der Waals surface area contributed by atoms with E-state index in [9.17, 15) is 0 Å². The van der Waals surface area contributed by atoms with E-state index in [1.54, 1.807) is 0 Å². The first-order valence-electron chi connectivity index (χ1n) is 5.49. The third-order valence-electron chi connectivity index (χ3n) is 2.98. The lowest BCUT2D eigenvalue weighted by molar-refractivity contribution is 1.25. The van der Waals surface area contributed by atoms with E-state index >= 15 is 0 Å². The van der Waals surface area contributed by atoms with Crippen LogP contribution in [0, 0.1) is 6.92 Å². The Kier molecular flexibility index (Phi) is 2.25. The van der Waals surface area contributed by atoms with Gasteiger partial charge in [-0.15, -0.1) is 0 Å². The number of hydrogen-bond donors (Lipinski definition) is 0. The summed E-state index contributed by atoms with van der Waals surface area (Å²) in [6, 6.07) is 6.38. The van der Waals surface area contributed by atoms with Gasteiger partial charge < -0.3 is 0 Å². The molecule has 0 unspecified atom stereocenters. The number of hydrogen-bond acceptors (Lipinski definition) is 2. The first-order valence-corrected chi connectivity index (χ1v) is 6.31. The Morgan fingerprint density at radius 1 is 1.19 bits per heavy atom. The fourth-order valence-corrected chi connectivity index (χ4v) is 3.22. The lowest BCUT2D eigenvalue weighted by atomic mass is 10.0. The van der Waals surface area contributed by atoms with Crippen molar-refractivity contribution in [1.29, 1.82) is 0 Å². The summed E-state index contributed by atoms with van der Waals surface area (Å²) >= 11 is 1.85. The third kappa shape index (κ3) is 1.45. The number of nitrogens with zero attached hydrogens (tertiary/aromatic N) is 1. The standard InChI is InChI=1S/C14H13NS/c1-9-5-3-7-11-13(9)15-14-10(2)6-4-8-12(14)16-11/h3,5-8H,4H2,1-2H3. The van der Waals surface area contributed by atoms with Crippen LogP contribution in [0.2, 0.25) is 0 Å². The summed E-state index contributed by atoms with van der Waals surface area (Å²) in [5, 5.41) is 0. The molecule has 1 heterocycles. The molecule has 0 spiro atoms. The second-order valence-corrected chi connectivity index (χ2v) is 5.26. The molecule has 0 radical (unpaired) electrons. The van der Waals surface area contributed by atoms with Gasteiger partial charge in [-0.05, 0) is 37.5 Å². The van der Waals surface area contributed by atoms with Gasteiger partial charge in [-0.3, -0.25) is 0 Å². The highest BCUT2D eigenvalue weighted by Crippen LogP contribution is 2.44. The number of aliphatic imine (C=N–C) groups is 1. The Hall–Kier alpha value is -1.28. The van der Waals surface area contributed by atoms with Gasteiger partial charge in [0.1, 0.15) is 0 Å². The number of rotatable bonds is 0. The minimum absolute atomic E-state index is 1.04. The highest BCUT2D eigenvalue weighted by molar-refractivity contribution is 8.04. The summed E-state index contributed by atoms with van der Waals surface area (Å²) in [7, 11) is 0. The molecule has 0 aromatic heterocycles. The van der Waals surface area contributed by atoms with Crippen LogP contribution in [0.1, 0.15) is 18.9 Å². The maximum Gasteiger partial charge on any atom is 0.0806 e. The molecule has 0 bridgehead atoms. The zero-order valence-corrected chi connectivity index (χ0v) is 10.3. The number of allylic oxidation sites excluding steroid dienone is 4. The van der Waals surface area contributed by atoms with E-state index in [0.717, 1.165) is 17.8 Å². The molecule has 80 valence electrons. The second kappa shape index (κ2) is 3.63. The molecule has 0 fully saturated rings. The van der Waals surface area contributed by atoms with Gasteiger partial charge in [0.2, 0.25) is 0 Å². The van der Waals surface area contributed by atoms with E-state index in [1.807, 2.05) is 11.8 Å². The molecule has 0 atom stereocenters. The van der Waals surface area contributed by atoms with Crippen molar-refractivity contribution in [1.82, 2.24) is 0 Å². The average molecular weight is 227 g/mol. The predicted octanol–water partition coefficient (Wildman–Crippen LogP) is 4.41. The third-order valence-corrected chi connectivity index (χ3v) is 4.11. The first kappa shape index (κ1) is 9.91. The molecule has 0 amide bonds. The molecule has 1 aromatic carbocycles. The van der Waals surface area contributed by atoms with Crippen LogP contribution in [0.5, 0.6) is 0 Å². The number of para-hydroxylation sites is 1. The molecule has 3 rings (SSSR count). The lowest BCUT2D eigenvalue weighted by Gasteiger charge is -2.22. The molecule has 0 saturated carbocycles. The van der Waals surface area contributed by atoms with Gasteiger partial charge in [0.25, 0.3) is 0 Å². The van der Waals surface area contributed by atoms with E-state index in [0.29, 0.717) is 0 Å². The highest BCUT2D eigenvalue weighted by atomic mass is 32.2.